The highest BCUT2D eigenvalue weighted by molar-refractivity contribution is 5.83. The van der Waals surface area contributed by atoms with Gasteiger partial charge in [0, 0.05) is 30.0 Å². The van der Waals surface area contributed by atoms with Gasteiger partial charge in [-0.1, -0.05) is 55.4 Å². The second-order valence-corrected chi connectivity index (χ2v) is 9.12. The van der Waals surface area contributed by atoms with Crippen LogP contribution in [-0.4, -0.2) is 35.8 Å². The summed E-state index contributed by atoms with van der Waals surface area (Å²) in [5.41, 5.74) is -0.777. The van der Waals surface area contributed by atoms with Gasteiger partial charge in [0.05, 0.1) is 0 Å². The van der Waals surface area contributed by atoms with E-state index in [0.29, 0.717) is 18.4 Å². The van der Waals surface area contributed by atoms with Gasteiger partial charge in [0.15, 0.2) is 0 Å². The van der Waals surface area contributed by atoms with Crippen molar-refractivity contribution < 1.29 is 9.59 Å². The predicted molar refractivity (Wildman–Crippen MR) is 90.4 cm³/mol. The molecule has 4 nitrogen and oxygen atoms in total. The lowest BCUT2D eigenvalue weighted by Gasteiger charge is -2.42. The first-order valence-corrected chi connectivity index (χ1v) is 8.42. The SMILES string of the molecule is CC(C)C1CC(NC(=O)C(C)(C)C)CN(C(=O)C(C)(C)C)C1. The molecule has 22 heavy (non-hydrogen) atoms. The molecule has 0 radical (unpaired) electrons. The molecular weight excluding hydrogens is 276 g/mol. The monoisotopic (exact) mass is 310 g/mol. The summed E-state index contributed by atoms with van der Waals surface area (Å²) in [6, 6.07) is 0.0548. The van der Waals surface area contributed by atoms with Gasteiger partial charge in [-0.05, 0) is 18.3 Å². The molecule has 0 saturated carbocycles. The molecule has 1 heterocycles. The van der Waals surface area contributed by atoms with Gasteiger partial charge >= 0.3 is 0 Å². The molecule has 0 aromatic heterocycles. The van der Waals surface area contributed by atoms with E-state index < -0.39 is 5.41 Å². The summed E-state index contributed by atoms with van der Waals surface area (Å²) < 4.78 is 0. The van der Waals surface area contributed by atoms with Crippen LogP contribution >= 0.6 is 0 Å². The van der Waals surface area contributed by atoms with Crippen molar-refractivity contribution in [2.75, 3.05) is 13.1 Å². The number of hydrogen-bond donors (Lipinski definition) is 1. The summed E-state index contributed by atoms with van der Waals surface area (Å²) in [5, 5.41) is 3.15. The molecule has 0 bridgehead atoms. The van der Waals surface area contributed by atoms with Gasteiger partial charge in [0.2, 0.25) is 11.8 Å². The number of carbonyl (C=O) groups excluding carboxylic acids is 2. The number of carbonyl (C=O) groups is 2. The molecule has 0 aromatic carbocycles. The standard InChI is InChI=1S/C18H34N2O2/c1-12(2)13-9-14(19-15(21)17(3,4)5)11-20(10-13)16(22)18(6,7)8/h12-14H,9-11H2,1-8H3,(H,19,21). The first-order chi connectivity index (χ1) is 9.82. The zero-order valence-electron chi connectivity index (χ0n) is 15.6. The lowest BCUT2D eigenvalue weighted by Crippen LogP contribution is -2.56. The number of nitrogens with one attached hydrogen (secondary N) is 1. The Hall–Kier alpha value is -1.06. The van der Waals surface area contributed by atoms with Crippen molar-refractivity contribution in [2.24, 2.45) is 22.7 Å². The van der Waals surface area contributed by atoms with E-state index in [0.717, 1.165) is 13.0 Å². The Bertz CT molecular complexity index is 416. The number of likely N-dealkylation sites (tertiary alicyclic amines) is 1. The third-order valence-corrected chi connectivity index (χ3v) is 4.37. The lowest BCUT2D eigenvalue weighted by molar-refractivity contribution is -0.143. The quantitative estimate of drug-likeness (QED) is 0.852. The molecule has 1 N–H and O–H groups in total. The Morgan fingerprint density at radius 3 is 1.95 bits per heavy atom. The van der Waals surface area contributed by atoms with E-state index in [9.17, 15) is 9.59 Å². The van der Waals surface area contributed by atoms with Gasteiger partial charge in [-0.2, -0.15) is 0 Å². The molecule has 0 aromatic rings. The van der Waals surface area contributed by atoms with Gasteiger partial charge < -0.3 is 10.2 Å². The van der Waals surface area contributed by atoms with Crippen molar-refractivity contribution >= 4 is 11.8 Å². The Morgan fingerprint density at radius 2 is 1.55 bits per heavy atom. The summed E-state index contributed by atoms with van der Waals surface area (Å²) in [6.07, 6.45) is 0.952. The molecule has 2 atom stereocenters. The van der Waals surface area contributed by atoms with Crippen LogP contribution in [0.1, 0.15) is 61.8 Å². The lowest BCUT2D eigenvalue weighted by atomic mass is 9.83. The fourth-order valence-electron chi connectivity index (χ4n) is 2.77. The van der Waals surface area contributed by atoms with Crippen molar-refractivity contribution in [3.05, 3.63) is 0 Å². The summed E-state index contributed by atoms with van der Waals surface area (Å²) >= 11 is 0. The average molecular weight is 310 g/mol. The second-order valence-electron chi connectivity index (χ2n) is 9.12. The van der Waals surface area contributed by atoms with E-state index in [1.807, 2.05) is 46.4 Å². The first kappa shape index (κ1) is 19.0. The largest absolute Gasteiger partial charge is 0.351 e. The van der Waals surface area contributed by atoms with Crippen LogP contribution in [0.25, 0.3) is 0 Å². The predicted octanol–water partition coefficient (Wildman–Crippen LogP) is 3.07. The van der Waals surface area contributed by atoms with E-state index in [4.69, 9.17) is 0 Å². The zero-order chi connectivity index (χ0) is 17.3. The van der Waals surface area contributed by atoms with Gasteiger partial charge in [0.25, 0.3) is 0 Å². The molecule has 128 valence electrons. The fourth-order valence-corrected chi connectivity index (χ4v) is 2.77. The third kappa shape index (κ3) is 4.99. The molecule has 0 spiro atoms. The Labute approximate surface area is 136 Å². The van der Waals surface area contributed by atoms with Gasteiger partial charge in [-0.15, -0.1) is 0 Å². The highest BCUT2D eigenvalue weighted by Crippen LogP contribution is 2.28. The average Bonchev–Trinajstić information content (AvgIpc) is 2.35. The topological polar surface area (TPSA) is 49.4 Å². The number of amides is 2. The summed E-state index contributed by atoms with van der Waals surface area (Å²) in [4.78, 5) is 26.8. The maximum absolute atomic E-state index is 12.6. The van der Waals surface area contributed by atoms with Crippen LogP contribution in [0.2, 0.25) is 0 Å². The van der Waals surface area contributed by atoms with Gasteiger partial charge in [-0.25, -0.2) is 0 Å². The van der Waals surface area contributed by atoms with Crippen molar-refractivity contribution in [1.29, 1.82) is 0 Å². The van der Waals surface area contributed by atoms with Crippen LogP contribution in [0.3, 0.4) is 0 Å². The first-order valence-electron chi connectivity index (χ1n) is 8.42. The van der Waals surface area contributed by atoms with Crippen molar-refractivity contribution in [2.45, 2.75) is 67.9 Å². The number of hydrogen-bond acceptors (Lipinski definition) is 2. The zero-order valence-corrected chi connectivity index (χ0v) is 15.6. The van der Waals surface area contributed by atoms with E-state index in [2.05, 4.69) is 19.2 Å². The van der Waals surface area contributed by atoms with Crippen LogP contribution in [0.5, 0.6) is 0 Å². The van der Waals surface area contributed by atoms with Crippen molar-refractivity contribution in [3.8, 4) is 0 Å². The van der Waals surface area contributed by atoms with Crippen LogP contribution in [0, 0.1) is 22.7 Å². The van der Waals surface area contributed by atoms with Gasteiger partial charge in [-0.3, -0.25) is 9.59 Å². The van der Waals surface area contributed by atoms with Crippen molar-refractivity contribution in [1.82, 2.24) is 10.2 Å². The molecule has 1 aliphatic rings. The minimum absolute atomic E-state index is 0.0548. The summed E-state index contributed by atoms with van der Waals surface area (Å²) in [5.74, 6) is 1.17. The Morgan fingerprint density at radius 1 is 1.00 bits per heavy atom. The highest BCUT2D eigenvalue weighted by atomic mass is 16.2. The molecule has 4 heteroatoms. The highest BCUT2D eigenvalue weighted by Gasteiger charge is 2.37. The number of nitrogens with zero attached hydrogens (tertiary/aromatic N) is 1. The Kier molecular flexibility index (Phi) is 5.69. The van der Waals surface area contributed by atoms with E-state index in [1.54, 1.807) is 0 Å². The van der Waals surface area contributed by atoms with Gasteiger partial charge in [0.1, 0.15) is 0 Å². The molecule has 1 aliphatic heterocycles. The Balaban J connectivity index is 2.86. The fraction of sp³-hybridized carbons (Fsp3) is 0.889. The minimum Gasteiger partial charge on any atom is -0.351 e. The molecule has 1 rings (SSSR count). The normalized spacial score (nSPS) is 23.6. The maximum atomic E-state index is 12.6. The third-order valence-electron chi connectivity index (χ3n) is 4.37. The molecular formula is C18H34N2O2. The molecule has 2 unspecified atom stereocenters. The molecule has 1 fully saturated rings. The molecule has 1 saturated heterocycles. The smallest absolute Gasteiger partial charge is 0.228 e. The molecule has 0 aliphatic carbocycles. The van der Waals surface area contributed by atoms with E-state index >= 15 is 0 Å². The second kappa shape index (κ2) is 6.59. The summed E-state index contributed by atoms with van der Waals surface area (Å²) in [6.45, 7) is 17.4. The van der Waals surface area contributed by atoms with Crippen molar-refractivity contribution in [3.63, 3.8) is 0 Å². The number of piperidine rings is 1. The van der Waals surface area contributed by atoms with Crippen LogP contribution in [0.4, 0.5) is 0 Å². The van der Waals surface area contributed by atoms with E-state index in [1.165, 1.54) is 0 Å². The minimum atomic E-state index is -0.399. The van der Waals surface area contributed by atoms with E-state index in [-0.39, 0.29) is 23.3 Å². The number of rotatable bonds is 2. The molecule has 2 amide bonds. The van der Waals surface area contributed by atoms with Crippen LogP contribution in [-0.2, 0) is 9.59 Å². The van der Waals surface area contributed by atoms with Crippen LogP contribution < -0.4 is 5.32 Å². The van der Waals surface area contributed by atoms with Crippen LogP contribution in [0.15, 0.2) is 0 Å². The summed E-state index contributed by atoms with van der Waals surface area (Å²) in [7, 11) is 0. The maximum Gasteiger partial charge on any atom is 0.228 e.